The van der Waals surface area contributed by atoms with Crippen LogP contribution in [0, 0.1) is 21.6 Å². The molecule has 0 aromatic rings. The Bertz CT molecular complexity index is 23.2. The van der Waals surface area contributed by atoms with Crippen LogP contribution in [-0.4, -0.2) is 26.9 Å². The maximum Gasteiger partial charge on any atom is -0.0187 e. The molecule has 64 valence electrons. The average Bonchev–Trinajstić information content (AvgIpc) is 2.03. The lowest BCUT2D eigenvalue weighted by Crippen LogP contribution is -0.827. The number of hydrogen-bond acceptors (Lipinski definition) is 4. The van der Waals surface area contributed by atoms with Crippen molar-refractivity contribution in [3.05, 3.63) is 0 Å². The van der Waals surface area contributed by atoms with Crippen molar-refractivity contribution in [3.8, 4) is 0 Å². The summed E-state index contributed by atoms with van der Waals surface area (Å²) in [6.07, 6.45) is 0. The third kappa shape index (κ3) is 520. The van der Waals surface area contributed by atoms with E-state index in [1.807, 2.05) is 0 Å². The highest BCUT2D eigenvalue weighted by atomic mass is 35.5. The van der Waals surface area contributed by atoms with E-state index in [-0.39, 0.29) is 24.8 Å². The highest BCUT2D eigenvalue weighted by Crippen LogP contribution is 0.691. The fraction of sp³-hybridized carbons (Fsp3) is 0. The van der Waals surface area contributed by atoms with Crippen molar-refractivity contribution >= 4 is 51.7 Å². The highest BCUT2D eigenvalue weighted by Gasteiger charge is 0.561. The topological polar surface area (TPSA) is 95.4 Å². The van der Waals surface area contributed by atoms with Gasteiger partial charge in [-0.3, -0.25) is 0 Å². The van der Waals surface area contributed by atoms with Crippen LogP contribution < -0.4 is 0 Å². The van der Waals surface area contributed by atoms with Gasteiger partial charge in [0.1, 0.15) is 0 Å². The van der Waals surface area contributed by atoms with Crippen LogP contribution >= 0.6 is 24.8 Å². The molecular weight excluding hydrogens is 175 g/mol. The maximum absolute atomic E-state index is 5.50. The Balaban J connectivity index is -0.00000000500. The van der Waals surface area contributed by atoms with Crippen molar-refractivity contribution in [1.82, 2.24) is 0 Å². The molecule has 0 bridgehead atoms. The SMILES string of the molecule is C=N.C=N.C=N.C=N.Cl.Cl. The molecule has 0 aliphatic heterocycles. The van der Waals surface area contributed by atoms with Gasteiger partial charge in [-0.25, -0.2) is 0 Å². The van der Waals surface area contributed by atoms with Crippen molar-refractivity contribution in [2.75, 3.05) is 0 Å². The number of nitrogens with one attached hydrogen (secondary N) is 4. The Labute approximate surface area is 73.9 Å². The maximum atomic E-state index is 5.50. The fourth-order valence-electron chi connectivity index (χ4n) is 0. The zero-order valence-corrected chi connectivity index (χ0v) is 7.28. The summed E-state index contributed by atoms with van der Waals surface area (Å²) in [6, 6.07) is 0. The number of halogens is 2. The van der Waals surface area contributed by atoms with E-state index in [2.05, 4.69) is 26.9 Å². The van der Waals surface area contributed by atoms with E-state index in [0.29, 0.717) is 0 Å². The van der Waals surface area contributed by atoms with Crippen LogP contribution in [0.4, 0.5) is 0 Å². The van der Waals surface area contributed by atoms with Gasteiger partial charge in [0.15, 0.2) is 0 Å². The molecule has 0 amide bonds. The van der Waals surface area contributed by atoms with Gasteiger partial charge in [0.2, 0.25) is 0 Å². The fourth-order valence-corrected chi connectivity index (χ4v) is 0. The predicted octanol–water partition coefficient (Wildman–Crippen LogP) is 1.91. The first-order valence-corrected chi connectivity index (χ1v) is 1.41. The molecule has 0 fully saturated rings. The first-order valence-electron chi connectivity index (χ1n) is 1.41. The van der Waals surface area contributed by atoms with Gasteiger partial charge < -0.3 is 21.6 Å². The Kier molecular flexibility index (Phi) is 4730. The second-order valence-corrected chi connectivity index (χ2v) is 0. The van der Waals surface area contributed by atoms with Gasteiger partial charge in [-0.2, -0.15) is 0 Å². The minimum absolute atomic E-state index is 0. The van der Waals surface area contributed by atoms with Crippen molar-refractivity contribution in [1.29, 1.82) is 21.6 Å². The van der Waals surface area contributed by atoms with Crippen LogP contribution in [-0.2, 0) is 0 Å². The summed E-state index contributed by atoms with van der Waals surface area (Å²) in [4.78, 5) is 0. The lowest BCUT2D eigenvalue weighted by atomic mass is 11.8. The molecule has 0 heterocycles. The number of hydrogen-bond donors (Lipinski definition) is 4. The summed E-state index contributed by atoms with van der Waals surface area (Å²) < 4.78 is 0. The molecule has 4 N–H and O–H groups in total. The zero-order valence-electron chi connectivity index (χ0n) is 5.64. The van der Waals surface area contributed by atoms with Crippen molar-refractivity contribution in [3.63, 3.8) is 0 Å². The first kappa shape index (κ1) is 59.4. The second-order valence-electron chi connectivity index (χ2n) is 0. The molecule has 0 rings (SSSR count). The zero-order chi connectivity index (χ0) is 8.00. The van der Waals surface area contributed by atoms with Gasteiger partial charge in [0.05, 0.1) is 0 Å². The lowest BCUT2D eigenvalue weighted by molar-refractivity contribution is 1.61. The Morgan fingerprint density at radius 2 is 0.400 bits per heavy atom. The first-order chi connectivity index (χ1) is 4.00. The molecule has 0 radical (unpaired) electrons. The number of rotatable bonds is 0. The molecule has 0 aromatic carbocycles. The predicted molar refractivity (Wildman–Crippen MR) is 53.9 cm³/mol. The monoisotopic (exact) mass is 188 g/mol. The van der Waals surface area contributed by atoms with E-state index in [9.17, 15) is 0 Å². The molecule has 4 nitrogen and oxygen atoms in total. The molecule has 0 saturated heterocycles. The van der Waals surface area contributed by atoms with Gasteiger partial charge >= 0.3 is 0 Å². The summed E-state index contributed by atoms with van der Waals surface area (Å²) in [5.41, 5.74) is 0. The molecule has 0 aliphatic carbocycles. The Morgan fingerprint density at radius 1 is 0.400 bits per heavy atom. The molecule has 10 heavy (non-hydrogen) atoms. The molecule has 0 spiro atoms. The van der Waals surface area contributed by atoms with Gasteiger partial charge in [0, 0.05) is 0 Å². The highest BCUT2D eigenvalue weighted by molar-refractivity contribution is 5.85. The van der Waals surface area contributed by atoms with Crippen LogP contribution in [0.5, 0.6) is 0 Å². The van der Waals surface area contributed by atoms with E-state index < -0.39 is 0 Å². The summed E-state index contributed by atoms with van der Waals surface area (Å²) in [6.45, 7) is 10.0. The van der Waals surface area contributed by atoms with E-state index in [1.165, 1.54) is 0 Å². The standard InChI is InChI=1S/4CH3N.2ClH/c4*1-2;;/h4*2H,1H2;2*1H. The molecular formula is C4H14Cl2N4. The molecule has 0 aliphatic rings. The van der Waals surface area contributed by atoms with Crippen molar-refractivity contribution in [2.24, 2.45) is 0 Å². The third-order valence-electron chi connectivity index (χ3n) is 0. The van der Waals surface area contributed by atoms with Crippen LogP contribution in [0.2, 0.25) is 0 Å². The normalized spacial score (nSPS) is 1.60. The van der Waals surface area contributed by atoms with Gasteiger partial charge in [-0.15, -0.1) is 24.8 Å². The minimum atomic E-state index is 0. The van der Waals surface area contributed by atoms with Gasteiger partial charge in [-0.05, 0) is 26.9 Å². The summed E-state index contributed by atoms with van der Waals surface area (Å²) in [5, 5.41) is 22.0. The van der Waals surface area contributed by atoms with Crippen LogP contribution in [0.15, 0.2) is 0 Å². The molecule has 0 saturated carbocycles. The third-order valence-corrected chi connectivity index (χ3v) is 0. The Morgan fingerprint density at radius 3 is 0.400 bits per heavy atom. The average molecular weight is 189 g/mol. The lowest BCUT2D eigenvalue weighted by Gasteiger charge is -0.890. The summed E-state index contributed by atoms with van der Waals surface area (Å²) >= 11 is 0. The molecule has 0 unspecified atom stereocenters. The molecule has 6 heteroatoms. The second kappa shape index (κ2) is 795. The summed E-state index contributed by atoms with van der Waals surface area (Å²) in [5.74, 6) is 0. The largest absolute Gasteiger partial charge is 0.317 e. The minimum Gasteiger partial charge on any atom is -0.317 e. The van der Waals surface area contributed by atoms with E-state index in [0.717, 1.165) is 0 Å². The Hall–Kier alpha value is -0.740. The summed E-state index contributed by atoms with van der Waals surface area (Å²) in [7, 11) is 0. The van der Waals surface area contributed by atoms with Crippen LogP contribution in [0.3, 0.4) is 0 Å². The van der Waals surface area contributed by atoms with E-state index in [4.69, 9.17) is 21.6 Å². The smallest absolute Gasteiger partial charge is 0.0187 e. The van der Waals surface area contributed by atoms with Crippen molar-refractivity contribution in [2.45, 2.75) is 0 Å². The van der Waals surface area contributed by atoms with E-state index >= 15 is 0 Å². The van der Waals surface area contributed by atoms with Gasteiger partial charge in [0.25, 0.3) is 0 Å². The van der Waals surface area contributed by atoms with Gasteiger partial charge in [-0.1, -0.05) is 0 Å². The quantitative estimate of drug-likeness (QED) is 0.419. The van der Waals surface area contributed by atoms with E-state index in [1.54, 1.807) is 0 Å². The molecule has 0 atom stereocenters. The van der Waals surface area contributed by atoms with Crippen molar-refractivity contribution < 1.29 is 0 Å². The van der Waals surface area contributed by atoms with Crippen LogP contribution in [0.1, 0.15) is 0 Å². The molecule has 0 aromatic heterocycles. The van der Waals surface area contributed by atoms with Crippen LogP contribution in [0.25, 0.3) is 0 Å².